The van der Waals surface area contributed by atoms with Gasteiger partial charge in [-0.2, -0.15) is 0 Å². The van der Waals surface area contributed by atoms with E-state index < -0.39 is 0 Å². The minimum atomic E-state index is 0.513. The van der Waals surface area contributed by atoms with Crippen molar-refractivity contribution in [3.63, 3.8) is 0 Å². The van der Waals surface area contributed by atoms with Crippen molar-refractivity contribution in [2.24, 2.45) is 5.92 Å². The second-order valence-corrected chi connectivity index (χ2v) is 6.02. The van der Waals surface area contributed by atoms with Crippen molar-refractivity contribution in [1.82, 2.24) is 5.32 Å². The number of ether oxygens (including phenoxy) is 1. The van der Waals surface area contributed by atoms with E-state index in [2.05, 4.69) is 30.6 Å². The van der Waals surface area contributed by atoms with Crippen molar-refractivity contribution in [2.75, 3.05) is 13.7 Å². The molecular weight excluding hydrogens is 234 g/mol. The quantitative estimate of drug-likeness (QED) is 0.886. The Morgan fingerprint density at radius 3 is 2.79 bits per heavy atom. The highest BCUT2D eigenvalue weighted by atomic mass is 16.5. The number of hydrogen-bond acceptors (Lipinski definition) is 2. The summed E-state index contributed by atoms with van der Waals surface area (Å²) in [5, 5.41) is 3.43. The summed E-state index contributed by atoms with van der Waals surface area (Å²) in [6.45, 7) is 0.917. The van der Waals surface area contributed by atoms with E-state index in [0.717, 1.165) is 18.3 Å². The van der Waals surface area contributed by atoms with Gasteiger partial charge in [0.15, 0.2) is 0 Å². The van der Waals surface area contributed by atoms with Crippen LogP contribution in [-0.2, 0) is 6.42 Å². The molecule has 2 nitrogen and oxygen atoms in total. The molecule has 0 amide bonds. The van der Waals surface area contributed by atoms with Crippen LogP contribution in [0.25, 0.3) is 0 Å². The van der Waals surface area contributed by atoms with Crippen LogP contribution in [0.1, 0.15) is 55.7 Å². The predicted octanol–water partition coefficient (Wildman–Crippen LogP) is 3.85. The Morgan fingerprint density at radius 1 is 1.16 bits per heavy atom. The molecule has 3 rings (SSSR count). The molecule has 0 spiro atoms. The zero-order valence-electron chi connectivity index (χ0n) is 12.0. The van der Waals surface area contributed by atoms with E-state index in [-0.39, 0.29) is 0 Å². The normalized spacial score (nSPS) is 23.3. The summed E-state index contributed by atoms with van der Waals surface area (Å²) in [6.07, 6.45) is 9.18. The second-order valence-electron chi connectivity index (χ2n) is 6.02. The zero-order chi connectivity index (χ0) is 13.1. The molecule has 0 bridgehead atoms. The van der Waals surface area contributed by atoms with Crippen molar-refractivity contribution in [1.29, 1.82) is 0 Å². The van der Waals surface area contributed by atoms with Gasteiger partial charge in [0.25, 0.3) is 0 Å². The van der Waals surface area contributed by atoms with Gasteiger partial charge in [-0.25, -0.2) is 0 Å². The van der Waals surface area contributed by atoms with Gasteiger partial charge in [-0.15, -0.1) is 0 Å². The van der Waals surface area contributed by atoms with E-state index in [1.807, 2.05) is 0 Å². The lowest BCUT2D eigenvalue weighted by atomic mass is 9.87. The van der Waals surface area contributed by atoms with Crippen LogP contribution < -0.4 is 10.1 Å². The molecule has 1 unspecified atom stereocenters. The van der Waals surface area contributed by atoms with Crippen molar-refractivity contribution in [3.05, 3.63) is 29.3 Å². The number of rotatable bonds is 4. The molecule has 0 radical (unpaired) electrons. The summed E-state index contributed by atoms with van der Waals surface area (Å²) in [5.74, 6) is 1.93. The third-order valence-electron chi connectivity index (χ3n) is 4.76. The molecule has 1 atom stereocenters. The van der Waals surface area contributed by atoms with Crippen LogP contribution in [0, 0.1) is 5.92 Å². The fraction of sp³-hybridized carbons (Fsp3) is 0.647. The van der Waals surface area contributed by atoms with Gasteiger partial charge in [-0.3, -0.25) is 0 Å². The first-order valence-electron chi connectivity index (χ1n) is 7.80. The van der Waals surface area contributed by atoms with Gasteiger partial charge in [0.1, 0.15) is 5.75 Å². The molecule has 19 heavy (non-hydrogen) atoms. The Labute approximate surface area is 116 Å². The molecule has 1 aromatic carbocycles. The minimum absolute atomic E-state index is 0.513. The molecule has 1 fully saturated rings. The van der Waals surface area contributed by atoms with Crippen LogP contribution in [0.5, 0.6) is 5.75 Å². The molecular formula is C17H25NO. The molecule has 0 heterocycles. The summed E-state index contributed by atoms with van der Waals surface area (Å²) in [5.41, 5.74) is 2.91. The zero-order valence-corrected chi connectivity index (χ0v) is 12.0. The molecule has 1 aromatic rings. The topological polar surface area (TPSA) is 21.3 Å². The summed E-state index contributed by atoms with van der Waals surface area (Å²) < 4.78 is 6.15. The lowest BCUT2D eigenvalue weighted by Crippen LogP contribution is -2.22. The van der Waals surface area contributed by atoms with Crippen LogP contribution in [0.15, 0.2) is 18.2 Å². The van der Waals surface area contributed by atoms with E-state index >= 15 is 0 Å². The van der Waals surface area contributed by atoms with E-state index in [1.54, 1.807) is 0 Å². The Morgan fingerprint density at radius 2 is 2.00 bits per heavy atom. The summed E-state index contributed by atoms with van der Waals surface area (Å²) >= 11 is 0. The average Bonchev–Trinajstić information content (AvgIpc) is 2.97. The third kappa shape index (κ3) is 2.79. The number of hydrogen-bond donors (Lipinski definition) is 1. The van der Waals surface area contributed by atoms with Crippen molar-refractivity contribution in [2.45, 2.75) is 51.0 Å². The molecule has 2 aliphatic carbocycles. The first-order valence-corrected chi connectivity index (χ1v) is 7.80. The van der Waals surface area contributed by atoms with Gasteiger partial charge < -0.3 is 10.1 Å². The van der Waals surface area contributed by atoms with Gasteiger partial charge in [-0.05, 0) is 62.3 Å². The van der Waals surface area contributed by atoms with E-state index in [4.69, 9.17) is 4.74 Å². The number of benzene rings is 1. The third-order valence-corrected chi connectivity index (χ3v) is 4.76. The lowest BCUT2D eigenvalue weighted by molar-refractivity contribution is 0.248. The van der Waals surface area contributed by atoms with E-state index in [0.29, 0.717) is 6.04 Å². The molecule has 1 N–H and O–H groups in total. The fourth-order valence-electron chi connectivity index (χ4n) is 3.63. The van der Waals surface area contributed by atoms with Gasteiger partial charge in [0.2, 0.25) is 0 Å². The second kappa shape index (κ2) is 5.96. The van der Waals surface area contributed by atoms with Crippen LogP contribution in [-0.4, -0.2) is 13.7 Å². The highest BCUT2D eigenvalue weighted by Gasteiger charge is 2.22. The smallest absolute Gasteiger partial charge is 0.122 e. The molecule has 104 valence electrons. The van der Waals surface area contributed by atoms with Gasteiger partial charge in [-0.1, -0.05) is 25.0 Å². The van der Waals surface area contributed by atoms with E-state index in [1.165, 1.54) is 56.1 Å². The Hall–Kier alpha value is -1.02. The van der Waals surface area contributed by atoms with Crippen molar-refractivity contribution >= 4 is 0 Å². The SMILES string of the molecule is CNC1CCCc2c(OCC3CCCC3)cccc21. The summed E-state index contributed by atoms with van der Waals surface area (Å²) in [6, 6.07) is 7.08. The van der Waals surface area contributed by atoms with Gasteiger partial charge >= 0.3 is 0 Å². The Kier molecular flexibility index (Phi) is 4.07. The number of fused-ring (bicyclic) bond motifs is 1. The maximum absolute atomic E-state index is 6.15. The molecule has 0 saturated heterocycles. The maximum Gasteiger partial charge on any atom is 0.122 e. The molecule has 0 aromatic heterocycles. The van der Waals surface area contributed by atoms with Crippen LogP contribution >= 0.6 is 0 Å². The lowest BCUT2D eigenvalue weighted by Gasteiger charge is -2.27. The highest BCUT2D eigenvalue weighted by molar-refractivity contribution is 5.43. The summed E-state index contributed by atoms with van der Waals surface area (Å²) in [4.78, 5) is 0. The first-order chi connectivity index (χ1) is 9.38. The van der Waals surface area contributed by atoms with Crippen LogP contribution in [0.4, 0.5) is 0 Å². The Bertz CT molecular complexity index is 423. The standard InChI is InChI=1S/C17H25NO/c1-18-16-10-4-9-15-14(16)8-5-11-17(15)19-12-13-6-2-3-7-13/h5,8,11,13,16,18H,2-4,6-7,9-10,12H2,1H3. The van der Waals surface area contributed by atoms with E-state index in [9.17, 15) is 0 Å². The van der Waals surface area contributed by atoms with Crippen molar-refractivity contribution < 1.29 is 4.74 Å². The Balaban J connectivity index is 1.74. The van der Waals surface area contributed by atoms with Crippen LogP contribution in [0.2, 0.25) is 0 Å². The summed E-state index contributed by atoms with van der Waals surface area (Å²) in [7, 11) is 2.06. The highest BCUT2D eigenvalue weighted by Crippen LogP contribution is 2.35. The average molecular weight is 259 g/mol. The molecule has 0 aliphatic heterocycles. The largest absolute Gasteiger partial charge is 0.493 e. The first kappa shape index (κ1) is 13.0. The maximum atomic E-state index is 6.15. The molecule has 2 aliphatic rings. The minimum Gasteiger partial charge on any atom is -0.493 e. The van der Waals surface area contributed by atoms with Gasteiger partial charge in [0.05, 0.1) is 6.61 Å². The predicted molar refractivity (Wildman–Crippen MR) is 78.6 cm³/mol. The monoisotopic (exact) mass is 259 g/mol. The van der Waals surface area contributed by atoms with Crippen LogP contribution in [0.3, 0.4) is 0 Å². The number of nitrogens with one attached hydrogen (secondary N) is 1. The molecule has 1 saturated carbocycles. The van der Waals surface area contributed by atoms with Gasteiger partial charge in [0, 0.05) is 6.04 Å². The van der Waals surface area contributed by atoms with Crippen molar-refractivity contribution in [3.8, 4) is 5.75 Å². The fourth-order valence-corrected chi connectivity index (χ4v) is 3.63. The molecule has 2 heteroatoms.